The van der Waals surface area contributed by atoms with Crippen LogP contribution in [0, 0.1) is 11.8 Å². The highest BCUT2D eigenvalue weighted by Gasteiger charge is 2.16. The average molecular weight is 255 g/mol. The molecule has 0 aliphatic rings. The van der Waals surface area contributed by atoms with Crippen LogP contribution in [0.4, 0.5) is 0 Å². The van der Waals surface area contributed by atoms with Crippen LogP contribution in [0.3, 0.4) is 0 Å². The predicted octanol–water partition coefficient (Wildman–Crippen LogP) is 5.40. The Morgan fingerprint density at radius 3 is 1.94 bits per heavy atom. The molecule has 0 fully saturated rings. The molecule has 1 atom stereocenters. The van der Waals surface area contributed by atoms with E-state index in [0.29, 0.717) is 0 Å². The predicted molar refractivity (Wildman–Crippen MR) is 84.1 cm³/mol. The van der Waals surface area contributed by atoms with E-state index < -0.39 is 0 Å². The Morgan fingerprint density at radius 1 is 0.889 bits per heavy atom. The summed E-state index contributed by atoms with van der Waals surface area (Å²) in [6.45, 7) is 15.0. The van der Waals surface area contributed by atoms with E-state index in [-0.39, 0.29) is 5.54 Å². The fraction of sp³-hybridized carbons (Fsp3) is 1.00. The van der Waals surface area contributed by atoms with Gasteiger partial charge in [0, 0.05) is 5.54 Å². The Morgan fingerprint density at radius 2 is 1.44 bits per heavy atom. The molecule has 0 radical (unpaired) electrons. The second kappa shape index (κ2) is 9.83. The van der Waals surface area contributed by atoms with Gasteiger partial charge in [0.15, 0.2) is 0 Å². The lowest BCUT2D eigenvalue weighted by molar-refractivity contribution is 0.292. The Labute approximate surface area is 116 Å². The first-order valence-electron chi connectivity index (χ1n) is 8.12. The van der Waals surface area contributed by atoms with Gasteiger partial charge in [-0.05, 0) is 45.6 Å². The van der Waals surface area contributed by atoms with Crippen molar-refractivity contribution in [1.82, 2.24) is 5.32 Å². The molecule has 0 rings (SSSR count). The van der Waals surface area contributed by atoms with E-state index in [2.05, 4.69) is 46.9 Å². The van der Waals surface area contributed by atoms with Gasteiger partial charge in [0.25, 0.3) is 0 Å². The lowest BCUT2D eigenvalue weighted by Crippen LogP contribution is -2.40. The normalized spacial score (nSPS) is 14.2. The number of rotatable bonds is 10. The van der Waals surface area contributed by atoms with E-state index in [1.807, 2.05) is 0 Å². The fourth-order valence-corrected chi connectivity index (χ4v) is 2.30. The quantitative estimate of drug-likeness (QED) is 0.516. The monoisotopic (exact) mass is 255 g/mol. The van der Waals surface area contributed by atoms with Crippen LogP contribution in [0.2, 0.25) is 0 Å². The molecule has 0 aromatic heterocycles. The molecule has 1 unspecified atom stereocenters. The van der Waals surface area contributed by atoms with Crippen molar-refractivity contribution in [2.75, 3.05) is 6.54 Å². The van der Waals surface area contributed by atoms with Crippen LogP contribution in [-0.2, 0) is 0 Å². The van der Waals surface area contributed by atoms with Gasteiger partial charge in [-0.25, -0.2) is 0 Å². The first kappa shape index (κ1) is 18.0. The Kier molecular flexibility index (Phi) is 9.81. The maximum absolute atomic E-state index is 3.66. The molecule has 0 bridgehead atoms. The summed E-state index contributed by atoms with van der Waals surface area (Å²) in [5, 5.41) is 3.66. The van der Waals surface area contributed by atoms with E-state index >= 15 is 0 Å². The van der Waals surface area contributed by atoms with Crippen LogP contribution in [0.15, 0.2) is 0 Å². The van der Waals surface area contributed by atoms with E-state index in [4.69, 9.17) is 0 Å². The third-order valence-electron chi connectivity index (χ3n) is 3.77. The van der Waals surface area contributed by atoms with Crippen LogP contribution in [-0.4, -0.2) is 12.1 Å². The summed E-state index contributed by atoms with van der Waals surface area (Å²) < 4.78 is 0. The van der Waals surface area contributed by atoms with Gasteiger partial charge >= 0.3 is 0 Å². The molecule has 0 amide bonds. The first-order valence-corrected chi connectivity index (χ1v) is 8.12. The van der Waals surface area contributed by atoms with Crippen molar-refractivity contribution < 1.29 is 0 Å². The second-order valence-corrected chi connectivity index (χ2v) is 7.19. The Bertz CT molecular complexity index is 179. The summed E-state index contributed by atoms with van der Waals surface area (Å²) in [4.78, 5) is 0. The van der Waals surface area contributed by atoms with Crippen LogP contribution < -0.4 is 5.32 Å². The van der Waals surface area contributed by atoms with Gasteiger partial charge in [0.2, 0.25) is 0 Å². The van der Waals surface area contributed by atoms with Crippen LogP contribution in [0.25, 0.3) is 0 Å². The SMILES string of the molecule is CCCCCCCCC(CNC(C)(C)C)C(C)C. The molecule has 0 spiro atoms. The van der Waals surface area contributed by atoms with E-state index in [1.54, 1.807) is 0 Å². The highest BCUT2D eigenvalue weighted by atomic mass is 14.9. The molecule has 1 nitrogen and oxygen atoms in total. The van der Waals surface area contributed by atoms with Crippen molar-refractivity contribution in [2.24, 2.45) is 11.8 Å². The summed E-state index contributed by atoms with van der Waals surface area (Å²) in [5.41, 5.74) is 0.258. The minimum atomic E-state index is 0.258. The number of unbranched alkanes of at least 4 members (excludes halogenated alkanes) is 5. The molecule has 110 valence electrons. The van der Waals surface area contributed by atoms with Crippen LogP contribution in [0.5, 0.6) is 0 Å². The zero-order valence-corrected chi connectivity index (χ0v) is 13.8. The molecule has 0 aliphatic carbocycles. The van der Waals surface area contributed by atoms with Gasteiger partial charge in [-0.3, -0.25) is 0 Å². The van der Waals surface area contributed by atoms with Crippen LogP contribution in [0.1, 0.15) is 86.5 Å². The lowest BCUT2D eigenvalue weighted by atomic mass is 9.89. The Balaban J connectivity index is 3.71. The van der Waals surface area contributed by atoms with Gasteiger partial charge in [0.1, 0.15) is 0 Å². The van der Waals surface area contributed by atoms with Crippen molar-refractivity contribution in [1.29, 1.82) is 0 Å². The highest BCUT2D eigenvalue weighted by Crippen LogP contribution is 2.19. The van der Waals surface area contributed by atoms with Gasteiger partial charge in [0.05, 0.1) is 0 Å². The molecule has 0 saturated carbocycles. The maximum Gasteiger partial charge on any atom is 0.00966 e. The molecular weight excluding hydrogens is 218 g/mol. The summed E-state index contributed by atoms with van der Waals surface area (Å²) in [6, 6.07) is 0. The fourth-order valence-electron chi connectivity index (χ4n) is 2.30. The van der Waals surface area contributed by atoms with Gasteiger partial charge in [-0.15, -0.1) is 0 Å². The molecule has 0 saturated heterocycles. The van der Waals surface area contributed by atoms with Gasteiger partial charge in [-0.2, -0.15) is 0 Å². The average Bonchev–Trinajstić information content (AvgIpc) is 2.25. The summed E-state index contributed by atoms with van der Waals surface area (Å²) in [7, 11) is 0. The van der Waals surface area contributed by atoms with E-state index in [1.165, 1.54) is 51.5 Å². The molecule has 18 heavy (non-hydrogen) atoms. The van der Waals surface area contributed by atoms with Crippen molar-refractivity contribution in [3.05, 3.63) is 0 Å². The molecule has 1 heteroatoms. The zero-order valence-electron chi connectivity index (χ0n) is 13.8. The van der Waals surface area contributed by atoms with Crippen LogP contribution >= 0.6 is 0 Å². The van der Waals surface area contributed by atoms with Crippen molar-refractivity contribution >= 4 is 0 Å². The standard InChI is InChI=1S/C17H37N/c1-7-8-9-10-11-12-13-16(15(2)3)14-18-17(4,5)6/h15-16,18H,7-14H2,1-6H3. The molecule has 0 aliphatic heterocycles. The smallest absolute Gasteiger partial charge is 0.00966 e. The van der Waals surface area contributed by atoms with Crippen molar-refractivity contribution in [2.45, 2.75) is 92.0 Å². The topological polar surface area (TPSA) is 12.0 Å². The molecule has 0 heterocycles. The highest BCUT2D eigenvalue weighted by molar-refractivity contribution is 4.74. The summed E-state index contributed by atoms with van der Waals surface area (Å²) >= 11 is 0. The third-order valence-corrected chi connectivity index (χ3v) is 3.77. The Hall–Kier alpha value is -0.0400. The lowest BCUT2D eigenvalue weighted by Gasteiger charge is -2.27. The molecule has 0 aromatic carbocycles. The summed E-state index contributed by atoms with van der Waals surface area (Å²) in [5.74, 6) is 1.64. The maximum atomic E-state index is 3.66. The minimum absolute atomic E-state index is 0.258. The van der Waals surface area contributed by atoms with Crippen molar-refractivity contribution in [3.8, 4) is 0 Å². The largest absolute Gasteiger partial charge is 0.312 e. The second-order valence-electron chi connectivity index (χ2n) is 7.19. The van der Waals surface area contributed by atoms with Gasteiger partial charge in [-0.1, -0.05) is 59.3 Å². The molecule has 0 aromatic rings. The molecular formula is C17H37N. The van der Waals surface area contributed by atoms with E-state index in [9.17, 15) is 0 Å². The number of hydrogen-bond acceptors (Lipinski definition) is 1. The van der Waals surface area contributed by atoms with E-state index in [0.717, 1.165) is 11.8 Å². The molecule has 1 N–H and O–H groups in total. The van der Waals surface area contributed by atoms with Crippen molar-refractivity contribution in [3.63, 3.8) is 0 Å². The zero-order chi connectivity index (χ0) is 14.0. The first-order chi connectivity index (χ1) is 8.37. The number of nitrogens with one attached hydrogen (secondary N) is 1. The van der Waals surface area contributed by atoms with Gasteiger partial charge < -0.3 is 5.32 Å². The number of hydrogen-bond donors (Lipinski definition) is 1. The summed E-state index contributed by atoms with van der Waals surface area (Å²) in [6.07, 6.45) is 9.88. The minimum Gasteiger partial charge on any atom is -0.312 e. The third kappa shape index (κ3) is 11.1.